The van der Waals surface area contributed by atoms with Crippen LogP contribution in [-0.2, 0) is 72.1 Å². The lowest BCUT2D eigenvalue weighted by molar-refractivity contribution is -0.147. The second kappa shape index (κ2) is 31.1. The Balaban J connectivity index is 1.16. The molecule has 26 heteroatoms. The number of hydrogen-bond donors (Lipinski definition) is 4. The van der Waals surface area contributed by atoms with Crippen LogP contribution in [0.4, 0.5) is 0 Å². The first-order valence-corrected chi connectivity index (χ1v) is 29.3. The quantitative estimate of drug-likeness (QED) is 0.0513. The largest absolute Gasteiger partial charge is 0.480 e. The number of benzene rings is 1. The van der Waals surface area contributed by atoms with Crippen LogP contribution in [0.2, 0.25) is 0 Å². The number of guanidine groups is 1. The number of imide groups is 1. The second-order valence-corrected chi connectivity index (χ2v) is 23.3. The zero-order chi connectivity index (χ0) is 60.5. The van der Waals surface area contributed by atoms with Crippen molar-refractivity contribution >= 4 is 71.0 Å². The van der Waals surface area contributed by atoms with E-state index in [1.807, 2.05) is 64.9 Å². The van der Waals surface area contributed by atoms with Crippen LogP contribution in [0.15, 0.2) is 41.5 Å². The molecule has 5 rings (SSSR count). The van der Waals surface area contributed by atoms with Crippen molar-refractivity contribution in [3.63, 3.8) is 0 Å². The SMILES string of the molecule is CC[C@H](C)[C@@H]([C@H](CC(=O)N1CCC[C@H]1[C@H](OC)[C@@H](C)C(=O)N[C@@H](Cc1ccccc1)C(=O)O)OC)N(C)C(=O)[C@@H](N=C(N(C)C)N1CCN(C(=O)CCCn2cc(CN3C(=O)CC(SC[C@H](NC(C)=O)C(=O)O)C3=O)nn2)CC1)C(C)C. The van der Waals surface area contributed by atoms with Gasteiger partial charge in [-0.1, -0.05) is 76.6 Å². The third-order valence-electron chi connectivity index (χ3n) is 15.6. The van der Waals surface area contributed by atoms with E-state index in [9.17, 15) is 53.4 Å². The number of carboxylic acids is 2. The third-order valence-corrected chi connectivity index (χ3v) is 16.9. The highest BCUT2D eigenvalue weighted by Gasteiger charge is 2.44. The van der Waals surface area contributed by atoms with E-state index in [-0.39, 0.29) is 67.5 Å². The van der Waals surface area contributed by atoms with Gasteiger partial charge in [0.15, 0.2) is 5.96 Å². The molecule has 3 fully saturated rings. The number of likely N-dealkylation sites (tertiary alicyclic amines) is 2. The Morgan fingerprint density at radius 3 is 2.12 bits per heavy atom. The van der Waals surface area contributed by atoms with E-state index in [0.717, 1.165) is 22.2 Å². The Labute approximate surface area is 485 Å². The highest BCUT2D eigenvalue weighted by Crippen LogP contribution is 2.31. The number of rotatable bonds is 29. The van der Waals surface area contributed by atoms with Gasteiger partial charge in [0.05, 0.1) is 54.6 Å². The molecule has 454 valence electrons. The van der Waals surface area contributed by atoms with Crippen LogP contribution in [0.1, 0.15) is 97.7 Å². The number of aryl methyl sites for hydroxylation is 1. The molecular formula is C56H86N12O13S. The summed E-state index contributed by atoms with van der Waals surface area (Å²) in [4.78, 5) is 133. The summed E-state index contributed by atoms with van der Waals surface area (Å²) < 4.78 is 13.6. The molecule has 3 saturated heterocycles. The predicted octanol–water partition coefficient (Wildman–Crippen LogP) is 1.83. The molecule has 7 amide bonds. The Morgan fingerprint density at radius 1 is 0.878 bits per heavy atom. The Morgan fingerprint density at radius 2 is 1.54 bits per heavy atom. The molecule has 4 heterocycles. The minimum atomic E-state index is -1.24. The van der Waals surface area contributed by atoms with Crippen molar-refractivity contribution in [2.24, 2.45) is 22.7 Å². The molecule has 0 spiro atoms. The lowest BCUT2D eigenvalue weighted by Crippen LogP contribution is -2.56. The molecular weight excluding hydrogens is 1080 g/mol. The van der Waals surface area contributed by atoms with Crippen LogP contribution in [0.3, 0.4) is 0 Å². The van der Waals surface area contributed by atoms with Crippen LogP contribution in [0, 0.1) is 17.8 Å². The molecule has 0 aliphatic carbocycles. The van der Waals surface area contributed by atoms with Crippen molar-refractivity contribution in [3.8, 4) is 0 Å². The lowest BCUT2D eigenvalue weighted by atomic mass is 9.89. The molecule has 3 aliphatic rings. The van der Waals surface area contributed by atoms with Crippen molar-refractivity contribution in [3.05, 3.63) is 47.8 Å². The first-order valence-electron chi connectivity index (χ1n) is 28.2. The number of ether oxygens (including phenoxy) is 2. The summed E-state index contributed by atoms with van der Waals surface area (Å²) in [6, 6.07) is 4.90. The molecule has 0 bridgehead atoms. The predicted molar refractivity (Wildman–Crippen MR) is 305 cm³/mol. The molecule has 10 atom stereocenters. The van der Waals surface area contributed by atoms with Crippen LogP contribution in [0.5, 0.6) is 0 Å². The number of aliphatic carboxylic acids is 2. The van der Waals surface area contributed by atoms with E-state index < -0.39 is 89.2 Å². The van der Waals surface area contributed by atoms with Gasteiger partial charge in [0.25, 0.3) is 0 Å². The normalized spacial score (nSPS) is 19.7. The van der Waals surface area contributed by atoms with Crippen molar-refractivity contribution in [1.29, 1.82) is 0 Å². The summed E-state index contributed by atoms with van der Waals surface area (Å²) >= 11 is 0.998. The summed E-state index contributed by atoms with van der Waals surface area (Å²) in [7, 11) is 8.49. The molecule has 1 aromatic carbocycles. The number of carbonyl (C=O) groups excluding carboxylic acids is 7. The molecule has 2 aromatic rings. The second-order valence-electron chi connectivity index (χ2n) is 22.1. The molecule has 1 aromatic heterocycles. The van der Waals surface area contributed by atoms with Crippen molar-refractivity contribution in [2.75, 3.05) is 73.8 Å². The van der Waals surface area contributed by atoms with Crippen molar-refractivity contribution in [2.45, 2.75) is 154 Å². The first-order chi connectivity index (χ1) is 38.9. The number of carboxylic acid groups (broad SMARTS) is 2. The van der Waals surface area contributed by atoms with Crippen molar-refractivity contribution in [1.82, 2.24) is 55.0 Å². The summed E-state index contributed by atoms with van der Waals surface area (Å²) in [5, 5.41) is 31.9. The number of aromatic nitrogens is 3. The summed E-state index contributed by atoms with van der Waals surface area (Å²) in [6.07, 6.45) is 2.76. The molecule has 3 aliphatic heterocycles. The summed E-state index contributed by atoms with van der Waals surface area (Å²) in [5.41, 5.74) is 1.14. The number of hydrogen-bond acceptors (Lipinski definition) is 15. The number of thioether (sulfide) groups is 1. The number of likely N-dealkylation sites (N-methyl/N-ethyl adjacent to an activating group) is 1. The van der Waals surface area contributed by atoms with Gasteiger partial charge in [0, 0.05) is 107 Å². The molecule has 82 heavy (non-hydrogen) atoms. The van der Waals surface area contributed by atoms with Gasteiger partial charge in [0.2, 0.25) is 41.4 Å². The number of piperazine rings is 1. The van der Waals surface area contributed by atoms with Crippen LogP contribution in [0.25, 0.3) is 0 Å². The van der Waals surface area contributed by atoms with E-state index in [1.54, 1.807) is 51.7 Å². The van der Waals surface area contributed by atoms with Crippen LogP contribution < -0.4 is 10.6 Å². The number of methoxy groups -OCH3 is 2. The van der Waals surface area contributed by atoms with E-state index >= 15 is 0 Å². The van der Waals surface area contributed by atoms with Gasteiger partial charge in [-0.15, -0.1) is 16.9 Å². The van der Waals surface area contributed by atoms with Crippen LogP contribution >= 0.6 is 11.8 Å². The molecule has 25 nitrogen and oxygen atoms in total. The highest BCUT2D eigenvalue weighted by molar-refractivity contribution is 8.00. The maximum atomic E-state index is 14.9. The monoisotopic (exact) mass is 1170 g/mol. The third kappa shape index (κ3) is 17.7. The van der Waals surface area contributed by atoms with E-state index in [1.165, 1.54) is 21.1 Å². The van der Waals surface area contributed by atoms with Crippen LogP contribution in [-0.4, -0.2) is 235 Å². The fourth-order valence-corrected chi connectivity index (χ4v) is 12.1. The minimum Gasteiger partial charge on any atom is -0.480 e. The summed E-state index contributed by atoms with van der Waals surface area (Å²) in [5.74, 6) is -5.39. The van der Waals surface area contributed by atoms with Gasteiger partial charge in [-0.05, 0) is 36.7 Å². The van der Waals surface area contributed by atoms with E-state index in [2.05, 4.69) is 25.8 Å². The summed E-state index contributed by atoms with van der Waals surface area (Å²) in [6.45, 7) is 13.3. The van der Waals surface area contributed by atoms with Gasteiger partial charge < -0.3 is 54.8 Å². The number of nitrogens with zero attached hydrogens (tertiary/aromatic N) is 10. The van der Waals surface area contributed by atoms with Gasteiger partial charge >= 0.3 is 11.9 Å². The fourth-order valence-electron chi connectivity index (χ4n) is 10.9. The van der Waals surface area contributed by atoms with Gasteiger partial charge in [-0.3, -0.25) is 43.1 Å². The van der Waals surface area contributed by atoms with E-state index in [4.69, 9.17) is 14.5 Å². The van der Waals surface area contributed by atoms with E-state index in [0.29, 0.717) is 76.6 Å². The lowest BCUT2D eigenvalue weighted by Gasteiger charge is -2.41. The van der Waals surface area contributed by atoms with Gasteiger partial charge in [-0.25, -0.2) is 14.6 Å². The number of carbonyl (C=O) groups is 9. The standard InChI is InChI=1S/C56H86N12O13S/c1-12-35(4)49(43(80-10)29-46(71)67-23-16-20-42(67)50(81-11)36(5)51(73)58-40(54(76)77)28-38-18-14-13-15-19-38)63(9)53(75)48(34(2)3)59-56(62(7)8)65-26-24-64(25-27-65)45(70)21-17-22-66-31-39(60-61-66)32-68-47(72)30-44(52(68)74)82-33-41(55(78)79)57-37(6)69/h13-15,18-19,31,34-36,40-44,48-50H,12,16-17,20-30,32-33H2,1-11H3,(H,57,69)(H,58,73)(H,76,77)(H,78,79)/t35-,36+,40-,41-,42-,43-,44?,48-,49-,50+/m0/s1. The topological polar surface area (TPSA) is 299 Å². The average molecular weight is 1170 g/mol. The zero-order valence-corrected chi connectivity index (χ0v) is 50.2. The number of amides is 7. The Kier molecular flexibility index (Phi) is 25.1. The molecule has 4 N–H and O–H groups in total. The Bertz CT molecular complexity index is 2560. The van der Waals surface area contributed by atoms with Gasteiger partial charge in [0.1, 0.15) is 23.8 Å². The minimum absolute atomic E-state index is 0.0375. The average Bonchev–Trinajstić information content (AvgIpc) is 4.26. The van der Waals surface area contributed by atoms with Crippen molar-refractivity contribution < 1.29 is 62.8 Å². The molecule has 0 saturated carbocycles. The maximum absolute atomic E-state index is 14.9. The zero-order valence-electron chi connectivity index (χ0n) is 49.4. The highest BCUT2D eigenvalue weighted by atomic mass is 32.2. The molecule has 0 radical (unpaired) electrons. The maximum Gasteiger partial charge on any atom is 0.327 e. The number of aliphatic imine (C=N–C) groups is 1. The first kappa shape index (κ1) is 66.1. The fraction of sp³-hybridized carbons (Fsp3) is 0.679. The Hall–Kier alpha value is -6.67. The van der Waals surface area contributed by atoms with Gasteiger partial charge in [-0.2, -0.15) is 0 Å². The smallest absolute Gasteiger partial charge is 0.327 e. The molecule has 1 unspecified atom stereocenters. The number of nitrogens with one attached hydrogen (secondary N) is 2.